The first-order valence-corrected chi connectivity index (χ1v) is 14.7. The van der Waals surface area contributed by atoms with Gasteiger partial charge in [-0.05, 0) is 69.0 Å². The minimum Gasteiger partial charge on any atom is -0.482 e. The molecule has 1 aromatic heterocycles. The Kier molecular flexibility index (Phi) is 6.10. The molecule has 9 heteroatoms. The van der Waals surface area contributed by atoms with Crippen LogP contribution in [0.25, 0.3) is 11.3 Å². The van der Waals surface area contributed by atoms with E-state index in [1.807, 2.05) is 38.7 Å². The van der Waals surface area contributed by atoms with Crippen LogP contribution in [0.1, 0.15) is 56.2 Å². The van der Waals surface area contributed by atoms with Crippen molar-refractivity contribution in [2.75, 3.05) is 45.9 Å². The molecule has 208 valence electrons. The van der Waals surface area contributed by atoms with Gasteiger partial charge in [0.25, 0.3) is 0 Å². The van der Waals surface area contributed by atoms with Gasteiger partial charge in [0.1, 0.15) is 23.6 Å². The Morgan fingerprint density at radius 1 is 1.05 bits per heavy atom. The summed E-state index contributed by atoms with van der Waals surface area (Å²) >= 11 is 0. The number of nitrogens with zero attached hydrogens (tertiary/aromatic N) is 4. The van der Waals surface area contributed by atoms with Gasteiger partial charge in [-0.3, -0.25) is 9.48 Å². The highest BCUT2D eigenvalue weighted by Gasteiger charge is 2.48. The number of para-hydroxylation sites is 1. The number of carbonyl (C=O) groups excluding carboxylic acids is 2. The molecule has 0 unspecified atom stereocenters. The van der Waals surface area contributed by atoms with Gasteiger partial charge in [0.2, 0.25) is 5.91 Å². The summed E-state index contributed by atoms with van der Waals surface area (Å²) in [6.45, 7) is 7.78. The van der Waals surface area contributed by atoms with Crippen LogP contribution >= 0.6 is 0 Å². The third kappa shape index (κ3) is 4.48. The van der Waals surface area contributed by atoms with Crippen LogP contribution in [0.5, 0.6) is 5.75 Å². The Labute approximate surface area is 229 Å². The summed E-state index contributed by atoms with van der Waals surface area (Å²) in [6, 6.07) is 8.03. The molecule has 0 atom stereocenters. The third-order valence-corrected chi connectivity index (χ3v) is 9.87. The van der Waals surface area contributed by atoms with Crippen LogP contribution in [0, 0.1) is 18.3 Å². The second-order valence-electron chi connectivity index (χ2n) is 12.4. The van der Waals surface area contributed by atoms with Crippen LogP contribution in [0.2, 0.25) is 0 Å². The number of ether oxygens (including phenoxy) is 2. The van der Waals surface area contributed by atoms with Crippen molar-refractivity contribution in [2.45, 2.75) is 64.0 Å². The smallest absolute Gasteiger partial charge is 0.409 e. The van der Waals surface area contributed by atoms with E-state index in [1.54, 1.807) is 0 Å². The van der Waals surface area contributed by atoms with E-state index in [0.717, 1.165) is 80.1 Å². The van der Waals surface area contributed by atoms with E-state index < -0.39 is 5.60 Å². The quantitative estimate of drug-likeness (QED) is 0.645. The molecule has 2 amide bonds. The second-order valence-corrected chi connectivity index (χ2v) is 12.4. The second kappa shape index (κ2) is 9.54. The largest absolute Gasteiger partial charge is 0.482 e. The van der Waals surface area contributed by atoms with Gasteiger partial charge in [0, 0.05) is 62.4 Å². The van der Waals surface area contributed by atoms with Gasteiger partial charge in [0.05, 0.1) is 6.61 Å². The van der Waals surface area contributed by atoms with Crippen molar-refractivity contribution in [3.05, 3.63) is 35.5 Å². The lowest BCUT2D eigenvalue weighted by Gasteiger charge is -2.44. The van der Waals surface area contributed by atoms with E-state index in [1.165, 1.54) is 6.42 Å². The first-order valence-electron chi connectivity index (χ1n) is 14.7. The van der Waals surface area contributed by atoms with E-state index in [-0.39, 0.29) is 18.5 Å². The summed E-state index contributed by atoms with van der Waals surface area (Å²) in [5.41, 5.74) is 3.72. The molecule has 39 heavy (non-hydrogen) atoms. The standard InChI is InChI=1S/C30H39N5O4/c1-21-26-27(32-35(21)18-25(36)33-14-9-29(10-15-33)8-13-31-20-29)23-4-2-3-5-24(23)39-30(26)11-16-34(17-12-30)28(37)38-19-22-6-7-22/h2-5,22,31H,6-20H2,1H3. The van der Waals surface area contributed by atoms with Crippen LogP contribution in [0.15, 0.2) is 24.3 Å². The normalized spacial score (nSPS) is 22.9. The Hall–Kier alpha value is -3.07. The highest BCUT2D eigenvalue weighted by atomic mass is 16.6. The fourth-order valence-corrected chi connectivity index (χ4v) is 7.10. The Balaban J connectivity index is 1.11. The van der Waals surface area contributed by atoms with Crippen molar-refractivity contribution in [2.24, 2.45) is 11.3 Å². The molecule has 0 radical (unpaired) electrons. The van der Waals surface area contributed by atoms with E-state index in [9.17, 15) is 9.59 Å². The zero-order valence-electron chi connectivity index (χ0n) is 22.9. The van der Waals surface area contributed by atoms with Crippen molar-refractivity contribution < 1.29 is 19.1 Å². The van der Waals surface area contributed by atoms with Gasteiger partial charge in [-0.15, -0.1) is 0 Å². The van der Waals surface area contributed by atoms with E-state index in [2.05, 4.69) is 12.2 Å². The number of hydrogen-bond acceptors (Lipinski definition) is 6. The molecule has 2 aromatic rings. The van der Waals surface area contributed by atoms with Gasteiger partial charge in [0.15, 0.2) is 0 Å². The number of fused-ring (bicyclic) bond motifs is 4. The minimum atomic E-state index is -0.574. The number of benzene rings is 1. The molecule has 5 heterocycles. The zero-order chi connectivity index (χ0) is 26.6. The van der Waals surface area contributed by atoms with Crippen molar-refractivity contribution in [3.8, 4) is 17.0 Å². The molecule has 7 rings (SSSR count). The number of carbonyl (C=O) groups is 2. The minimum absolute atomic E-state index is 0.134. The molecule has 1 saturated carbocycles. The lowest BCUT2D eigenvalue weighted by molar-refractivity contribution is -0.134. The Morgan fingerprint density at radius 3 is 2.51 bits per heavy atom. The number of hydrogen-bond donors (Lipinski definition) is 1. The van der Waals surface area contributed by atoms with Crippen molar-refractivity contribution in [1.29, 1.82) is 0 Å². The van der Waals surface area contributed by atoms with Gasteiger partial charge in [-0.1, -0.05) is 12.1 Å². The Morgan fingerprint density at radius 2 is 1.79 bits per heavy atom. The molecule has 1 aromatic carbocycles. The number of amides is 2. The zero-order valence-corrected chi connectivity index (χ0v) is 22.9. The highest BCUT2D eigenvalue weighted by molar-refractivity contribution is 5.78. The van der Waals surface area contributed by atoms with Gasteiger partial charge >= 0.3 is 6.09 Å². The van der Waals surface area contributed by atoms with Crippen LogP contribution < -0.4 is 10.1 Å². The molecule has 4 fully saturated rings. The summed E-state index contributed by atoms with van der Waals surface area (Å²) in [6.07, 6.45) is 6.79. The predicted molar refractivity (Wildman–Crippen MR) is 145 cm³/mol. The van der Waals surface area contributed by atoms with Gasteiger partial charge in [-0.25, -0.2) is 4.79 Å². The predicted octanol–water partition coefficient (Wildman–Crippen LogP) is 3.69. The number of rotatable bonds is 4. The number of nitrogens with one attached hydrogen (secondary N) is 1. The monoisotopic (exact) mass is 533 g/mol. The molecule has 9 nitrogen and oxygen atoms in total. The number of piperidine rings is 2. The van der Waals surface area contributed by atoms with Crippen molar-refractivity contribution >= 4 is 12.0 Å². The van der Waals surface area contributed by atoms with Gasteiger partial charge in [-0.2, -0.15) is 5.10 Å². The third-order valence-electron chi connectivity index (χ3n) is 9.87. The van der Waals surface area contributed by atoms with Crippen molar-refractivity contribution in [3.63, 3.8) is 0 Å². The molecular weight excluding hydrogens is 494 g/mol. The Bertz CT molecular complexity index is 1260. The lowest BCUT2D eigenvalue weighted by atomic mass is 9.78. The van der Waals surface area contributed by atoms with E-state index in [4.69, 9.17) is 14.6 Å². The summed E-state index contributed by atoms with van der Waals surface area (Å²) < 4.78 is 14.2. The summed E-state index contributed by atoms with van der Waals surface area (Å²) in [5.74, 6) is 1.50. The molecule has 0 bridgehead atoms. The summed E-state index contributed by atoms with van der Waals surface area (Å²) in [5, 5.41) is 8.53. The highest BCUT2D eigenvalue weighted by Crippen LogP contribution is 2.50. The van der Waals surface area contributed by atoms with Gasteiger partial charge < -0.3 is 24.6 Å². The molecule has 1 N–H and O–H groups in total. The van der Waals surface area contributed by atoms with E-state index in [0.29, 0.717) is 43.9 Å². The average molecular weight is 534 g/mol. The fraction of sp³-hybridized carbons (Fsp3) is 0.633. The maximum absolute atomic E-state index is 13.4. The summed E-state index contributed by atoms with van der Waals surface area (Å²) in [4.78, 5) is 29.9. The van der Waals surface area contributed by atoms with Crippen molar-refractivity contribution in [1.82, 2.24) is 24.9 Å². The first kappa shape index (κ1) is 24.9. The molecule has 5 aliphatic rings. The molecule has 2 spiro atoms. The van der Waals surface area contributed by atoms with Crippen LogP contribution in [0.4, 0.5) is 4.79 Å². The van der Waals surface area contributed by atoms with Crippen LogP contribution in [0.3, 0.4) is 0 Å². The van der Waals surface area contributed by atoms with E-state index >= 15 is 0 Å². The molecule has 3 saturated heterocycles. The SMILES string of the molecule is Cc1c2c(nn1CC(=O)N1CCC3(CCNC3)CC1)-c1ccccc1OC21CCN(C(=O)OCC2CC2)CC1. The number of likely N-dealkylation sites (tertiary alicyclic amines) is 2. The molecule has 1 aliphatic carbocycles. The molecule has 4 aliphatic heterocycles. The van der Waals surface area contributed by atoms with Crippen LogP contribution in [-0.4, -0.2) is 77.5 Å². The number of aromatic nitrogens is 2. The fourth-order valence-electron chi connectivity index (χ4n) is 7.10. The summed E-state index contributed by atoms with van der Waals surface area (Å²) in [7, 11) is 0. The molecular formula is C30H39N5O4. The maximum atomic E-state index is 13.4. The topological polar surface area (TPSA) is 88.9 Å². The lowest BCUT2D eigenvalue weighted by Crippen LogP contribution is -2.49. The first-order chi connectivity index (χ1) is 19.0. The maximum Gasteiger partial charge on any atom is 0.409 e. The average Bonchev–Trinajstić information content (AvgIpc) is 3.59. The van der Waals surface area contributed by atoms with Crippen LogP contribution in [-0.2, 0) is 21.7 Å².